The fraction of sp³-hybridized carbons (Fsp3) is 0.929. The van der Waals surface area contributed by atoms with Gasteiger partial charge in [0, 0.05) is 19.7 Å². The first-order chi connectivity index (χ1) is 8.85. The maximum absolute atomic E-state index is 12.3. The van der Waals surface area contributed by atoms with Gasteiger partial charge in [0.15, 0.2) is 0 Å². The van der Waals surface area contributed by atoms with Crippen molar-refractivity contribution in [1.82, 2.24) is 4.90 Å². The van der Waals surface area contributed by atoms with Crippen molar-refractivity contribution in [3.05, 3.63) is 0 Å². The SMILES string of the molecule is CCOCCO[C@@H](C)C(=O)N1C[C@H](C)OC(C)(C)C1. The predicted molar refractivity (Wildman–Crippen MR) is 73.1 cm³/mol. The molecule has 0 unspecified atom stereocenters. The topological polar surface area (TPSA) is 48.0 Å². The Morgan fingerprint density at radius 1 is 1.47 bits per heavy atom. The van der Waals surface area contributed by atoms with E-state index in [-0.39, 0.29) is 17.6 Å². The van der Waals surface area contributed by atoms with Crippen LogP contribution in [0.4, 0.5) is 0 Å². The molecule has 2 atom stereocenters. The van der Waals surface area contributed by atoms with E-state index in [4.69, 9.17) is 14.2 Å². The zero-order chi connectivity index (χ0) is 14.5. The second-order valence-corrected chi connectivity index (χ2v) is 5.62. The van der Waals surface area contributed by atoms with Gasteiger partial charge in [0.05, 0.1) is 24.9 Å². The number of hydrogen-bond acceptors (Lipinski definition) is 4. The minimum Gasteiger partial charge on any atom is -0.379 e. The summed E-state index contributed by atoms with van der Waals surface area (Å²) in [6, 6.07) is 0. The standard InChI is InChI=1S/C14H27NO4/c1-6-17-7-8-18-12(3)13(16)15-9-11(2)19-14(4,5)10-15/h11-12H,6-10H2,1-5H3/t11-,12-/m0/s1. The van der Waals surface area contributed by atoms with Crippen molar-refractivity contribution >= 4 is 5.91 Å². The molecule has 19 heavy (non-hydrogen) atoms. The average molecular weight is 273 g/mol. The first-order valence-electron chi connectivity index (χ1n) is 7.01. The summed E-state index contributed by atoms with van der Waals surface area (Å²) in [6.07, 6.45) is -0.370. The smallest absolute Gasteiger partial charge is 0.251 e. The summed E-state index contributed by atoms with van der Waals surface area (Å²) in [5.74, 6) is 0.0275. The summed E-state index contributed by atoms with van der Waals surface area (Å²) < 4.78 is 16.5. The molecule has 1 aliphatic rings. The number of hydrogen-bond donors (Lipinski definition) is 0. The second-order valence-electron chi connectivity index (χ2n) is 5.62. The van der Waals surface area contributed by atoms with Crippen LogP contribution in [0.2, 0.25) is 0 Å². The molecule has 0 saturated carbocycles. The number of carbonyl (C=O) groups excluding carboxylic acids is 1. The molecule has 0 radical (unpaired) electrons. The lowest BCUT2D eigenvalue weighted by atomic mass is 10.1. The highest BCUT2D eigenvalue weighted by Gasteiger charge is 2.35. The van der Waals surface area contributed by atoms with E-state index in [1.165, 1.54) is 0 Å². The molecule has 0 aliphatic carbocycles. The first-order valence-corrected chi connectivity index (χ1v) is 7.01. The Balaban J connectivity index is 2.42. The molecule has 0 bridgehead atoms. The molecule has 0 aromatic carbocycles. The number of ether oxygens (including phenoxy) is 3. The van der Waals surface area contributed by atoms with E-state index in [2.05, 4.69) is 0 Å². The third-order valence-corrected chi connectivity index (χ3v) is 3.03. The Labute approximate surface area is 116 Å². The lowest BCUT2D eigenvalue weighted by molar-refractivity contribution is -0.167. The molecule has 0 aromatic heterocycles. The molecule has 5 nitrogen and oxygen atoms in total. The maximum Gasteiger partial charge on any atom is 0.251 e. The van der Waals surface area contributed by atoms with Gasteiger partial charge >= 0.3 is 0 Å². The molecule has 1 amide bonds. The van der Waals surface area contributed by atoms with Gasteiger partial charge in [-0.15, -0.1) is 0 Å². The molecule has 1 heterocycles. The fourth-order valence-electron chi connectivity index (χ4n) is 2.38. The quantitative estimate of drug-likeness (QED) is 0.687. The highest BCUT2D eigenvalue weighted by molar-refractivity contribution is 5.80. The molecule has 1 aliphatic heterocycles. The minimum atomic E-state index is -0.429. The number of morpholine rings is 1. The highest BCUT2D eigenvalue weighted by atomic mass is 16.5. The summed E-state index contributed by atoms with van der Waals surface area (Å²) in [6.45, 7) is 12.6. The van der Waals surface area contributed by atoms with Crippen molar-refractivity contribution in [3.8, 4) is 0 Å². The van der Waals surface area contributed by atoms with Gasteiger partial charge in [0.2, 0.25) is 0 Å². The van der Waals surface area contributed by atoms with Gasteiger partial charge in [-0.25, -0.2) is 0 Å². The normalized spacial score (nSPS) is 24.3. The number of rotatable bonds is 6. The monoisotopic (exact) mass is 273 g/mol. The Morgan fingerprint density at radius 2 is 2.16 bits per heavy atom. The van der Waals surface area contributed by atoms with Crippen LogP contribution in [0.3, 0.4) is 0 Å². The molecule has 0 spiro atoms. The van der Waals surface area contributed by atoms with Gasteiger partial charge in [-0.1, -0.05) is 0 Å². The van der Waals surface area contributed by atoms with Crippen LogP contribution in [0.1, 0.15) is 34.6 Å². The zero-order valence-corrected chi connectivity index (χ0v) is 12.8. The van der Waals surface area contributed by atoms with Crippen molar-refractivity contribution in [2.75, 3.05) is 32.9 Å². The van der Waals surface area contributed by atoms with Gasteiger partial charge in [-0.05, 0) is 34.6 Å². The first kappa shape index (κ1) is 16.4. The van der Waals surface area contributed by atoms with Crippen LogP contribution in [-0.4, -0.2) is 61.5 Å². The summed E-state index contributed by atoms with van der Waals surface area (Å²) >= 11 is 0. The predicted octanol–water partition coefficient (Wildman–Crippen LogP) is 1.45. The molecule has 1 rings (SSSR count). The van der Waals surface area contributed by atoms with Crippen LogP contribution in [0.15, 0.2) is 0 Å². The van der Waals surface area contributed by atoms with Crippen LogP contribution in [0, 0.1) is 0 Å². The zero-order valence-electron chi connectivity index (χ0n) is 12.8. The summed E-state index contributed by atoms with van der Waals surface area (Å²) in [4.78, 5) is 14.1. The van der Waals surface area contributed by atoms with Crippen molar-refractivity contribution in [3.63, 3.8) is 0 Å². The van der Waals surface area contributed by atoms with Crippen molar-refractivity contribution in [1.29, 1.82) is 0 Å². The molecule has 0 N–H and O–H groups in total. The largest absolute Gasteiger partial charge is 0.379 e. The number of amides is 1. The third-order valence-electron chi connectivity index (χ3n) is 3.03. The van der Waals surface area contributed by atoms with Crippen LogP contribution in [0.5, 0.6) is 0 Å². The highest BCUT2D eigenvalue weighted by Crippen LogP contribution is 2.21. The molecular weight excluding hydrogens is 246 g/mol. The van der Waals surface area contributed by atoms with Gasteiger partial charge < -0.3 is 19.1 Å². The molecule has 0 aromatic rings. The Kier molecular flexibility index (Phi) is 6.23. The summed E-state index contributed by atoms with van der Waals surface area (Å²) in [5.41, 5.74) is -0.293. The van der Waals surface area contributed by atoms with E-state index in [1.54, 1.807) is 6.92 Å². The van der Waals surface area contributed by atoms with Crippen LogP contribution in [-0.2, 0) is 19.0 Å². The van der Waals surface area contributed by atoms with Gasteiger partial charge in [-0.3, -0.25) is 4.79 Å². The minimum absolute atomic E-state index is 0.0275. The van der Waals surface area contributed by atoms with Gasteiger partial charge in [0.1, 0.15) is 6.10 Å². The molecular formula is C14H27NO4. The van der Waals surface area contributed by atoms with E-state index < -0.39 is 6.10 Å². The average Bonchev–Trinajstić information content (AvgIpc) is 2.31. The summed E-state index contributed by atoms with van der Waals surface area (Å²) in [7, 11) is 0. The van der Waals surface area contributed by atoms with Crippen LogP contribution in [0.25, 0.3) is 0 Å². The van der Waals surface area contributed by atoms with E-state index in [1.807, 2.05) is 32.6 Å². The van der Waals surface area contributed by atoms with Gasteiger partial charge in [-0.2, -0.15) is 0 Å². The second kappa shape index (κ2) is 7.22. The number of nitrogens with zero attached hydrogens (tertiary/aromatic N) is 1. The molecule has 1 saturated heterocycles. The van der Waals surface area contributed by atoms with E-state index in [0.29, 0.717) is 32.9 Å². The lowest BCUT2D eigenvalue weighted by Gasteiger charge is -2.42. The van der Waals surface area contributed by atoms with Crippen LogP contribution >= 0.6 is 0 Å². The van der Waals surface area contributed by atoms with E-state index in [0.717, 1.165) is 0 Å². The van der Waals surface area contributed by atoms with Crippen LogP contribution < -0.4 is 0 Å². The molecule has 5 heteroatoms. The molecule has 112 valence electrons. The summed E-state index contributed by atoms with van der Waals surface area (Å²) in [5, 5.41) is 0. The third kappa shape index (κ3) is 5.47. The van der Waals surface area contributed by atoms with E-state index >= 15 is 0 Å². The van der Waals surface area contributed by atoms with Gasteiger partial charge in [0.25, 0.3) is 5.91 Å². The van der Waals surface area contributed by atoms with Crippen molar-refractivity contribution < 1.29 is 19.0 Å². The Bertz CT molecular complexity index is 293. The van der Waals surface area contributed by atoms with Crippen molar-refractivity contribution in [2.24, 2.45) is 0 Å². The number of carbonyl (C=O) groups is 1. The Morgan fingerprint density at radius 3 is 2.74 bits per heavy atom. The van der Waals surface area contributed by atoms with Crippen molar-refractivity contribution in [2.45, 2.75) is 52.4 Å². The molecule has 1 fully saturated rings. The lowest BCUT2D eigenvalue weighted by Crippen LogP contribution is -2.55. The Hall–Kier alpha value is -0.650. The van der Waals surface area contributed by atoms with E-state index in [9.17, 15) is 4.79 Å². The maximum atomic E-state index is 12.3. The fourth-order valence-corrected chi connectivity index (χ4v) is 2.38.